The van der Waals surface area contributed by atoms with Gasteiger partial charge in [0, 0.05) is 6.92 Å². The summed E-state index contributed by atoms with van der Waals surface area (Å²) in [6.45, 7) is 0.548. The first-order chi connectivity index (χ1) is 7.34. The molecule has 7 nitrogen and oxygen atoms in total. The lowest BCUT2D eigenvalue weighted by molar-refractivity contribution is -0.142. The van der Waals surface area contributed by atoms with Crippen molar-refractivity contribution in [3.8, 4) is 0 Å². The molecule has 2 amide bonds. The van der Waals surface area contributed by atoms with Gasteiger partial charge in [0.05, 0.1) is 12.6 Å². The summed E-state index contributed by atoms with van der Waals surface area (Å²) >= 11 is 0. The van der Waals surface area contributed by atoms with E-state index in [2.05, 4.69) is 5.32 Å². The van der Waals surface area contributed by atoms with Gasteiger partial charge in [-0.1, -0.05) is 0 Å². The van der Waals surface area contributed by atoms with Crippen LogP contribution in [0.2, 0.25) is 0 Å². The molecule has 1 saturated heterocycles. The van der Waals surface area contributed by atoms with Crippen molar-refractivity contribution in [1.29, 1.82) is 0 Å². The van der Waals surface area contributed by atoms with Gasteiger partial charge in [-0.05, 0) is 0 Å². The molecular weight excluding hydrogens is 223 g/mol. The van der Waals surface area contributed by atoms with E-state index in [0.717, 1.165) is 6.92 Å². The van der Waals surface area contributed by atoms with Crippen LogP contribution in [-0.4, -0.2) is 57.9 Å². The quantitative estimate of drug-likeness (QED) is 0.584. The molecule has 3 atom stereocenters. The Hall–Kier alpha value is -1.86. The van der Waals surface area contributed by atoms with Crippen LogP contribution in [0.25, 0.3) is 0 Å². The summed E-state index contributed by atoms with van der Waals surface area (Å²) in [4.78, 5) is 32.7. The van der Waals surface area contributed by atoms with Gasteiger partial charge in [0.1, 0.15) is 6.17 Å². The van der Waals surface area contributed by atoms with E-state index in [1.807, 2.05) is 0 Å². The molecular formula is C8H11FN2O5. The van der Waals surface area contributed by atoms with E-state index in [1.54, 1.807) is 0 Å². The highest BCUT2D eigenvalue weighted by Crippen LogP contribution is 2.21. The first-order valence-electron chi connectivity index (χ1n) is 4.48. The molecule has 90 valence electrons. The van der Waals surface area contributed by atoms with Gasteiger partial charge in [0.2, 0.25) is 5.91 Å². The van der Waals surface area contributed by atoms with Gasteiger partial charge < -0.3 is 15.5 Å². The summed E-state index contributed by atoms with van der Waals surface area (Å²) in [5.74, 6) is -2.09. The Morgan fingerprint density at radius 1 is 1.38 bits per heavy atom. The zero-order chi connectivity index (χ0) is 12.5. The summed E-state index contributed by atoms with van der Waals surface area (Å²) in [5.41, 5.74) is 0. The molecule has 0 aromatic carbocycles. The van der Waals surface area contributed by atoms with Crippen LogP contribution in [-0.2, 0) is 9.59 Å². The van der Waals surface area contributed by atoms with E-state index >= 15 is 0 Å². The van der Waals surface area contributed by atoms with Gasteiger partial charge in [-0.15, -0.1) is 0 Å². The van der Waals surface area contributed by atoms with E-state index in [1.165, 1.54) is 0 Å². The van der Waals surface area contributed by atoms with Gasteiger partial charge in [0.25, 0.3) is 0 Å². The van der Waals surface area contributed by atoms with Gasteiger partial charge in [0.15, 0.2) is 6.04 Å². The van der Waals surface area contributed by atoms with Gasteiger partial charge >= 0.3 is 12.1 Å². The Balaban J connectivity index is 2.93. The number of rotatable bonds is 2. The van der Waals surface area contributed by atoms with E-state index in [-0.39, 0.29) is 0 Å². The minimum Gasteiger partial charge on any atom is -0.480 e. The molecule has 0 spiro atoms. The fraction of sp³-hybridized carbons (Fsp3) is 0.625. The number of nitrogens with zero attached hydrogens (tertiary/aromatic N) is 1. The Morgan fingerprint density at radius 2 is 1.94 bits per heavy atom. The molecule has 0 aromatic heterocycles. The number of carboxylic acid groups (broad SMARTS) is 2. The minimum atomic E-state index is -1.72. The van der Waals surface area contributed by atoms with E-state index in [0.29, 0.717) is 4.90 Å². The molecule has 0 aliphatic carbocycles. The number of alkyl halides is 1. The largest absolute Gasteiger partial charge is 0.480 e. The number of aliphatic carboxylic acids is 1. The molecule has 16 heavy (non-hydrogen) atoms. The molecule has 0 radical (unpaired) electrons. The lowest BCUT2D eigenvalue weighted by Gasteiger charge is -2.21. The van der Waals surface area contributed by atoms with Crippen LogP contribution in [0.15, 0.2) is 0 Å². The number of amides is 2. The van der Waals surface area contributed by atoms with Crippen molar-refractivity contribution >= 4 is 18.0 Å². The van der Waals surface area contributed by atoms with Gasteiger partial charge in [-0.25, -0.2) is 14.0 Å². The molecule has 3 N–H and O–H groups in total. The van der Waals surface area contributed by atoms with E-state index < -0.39 is 42.8 Å². The van der Waals surface area contributed by atoms with Crippen LogP contribution in [0.4, 0.5) is 9.18 Å². The molecule has 1 aliphatic rings. The maximum Gasteiger partial charge on any atom is 0.408 e. The molecule has 8 heteroatoms. The fourth-order valence-corrected chi connectivity index (χ4v) is 1.69. The lowest BCUT2D eigenvalue weighted by Crippen LogP contribution is -2.51. The number of nitrogens with one attached hydrogen (secondary N) is 1. The van der Waals surface area contributed by atoms with Crippen molar-refractivity contribution in [3.63, 3.8) is 0 Å². The third-order valence-corrected chi connectivity index (χ3v) is 2.31. The second-order valence-corrected chi connectivity index (χ2v) is 3.46. The third-order valence-electron chi connectivity index (χ3n) is 2.31. The van der Waals surface area contributed by atoms with E-state index in [9.17, 15) is 18.8 Å². The van der Waals surface area contributed by atoms with Crippen molar-refractivity contribution in [3.05, 3.63) is 0 Å². The highest BCUT2D eigenvalue weighted by atomic mass is 19.1. The Morgan fingerprint density at radius 3 is 2.31 bits per heavy atom. The molecule has 1 fully saturated rings. The predicted molar refractivity (Wildman–Crippen MR) is 48.7 cm³/mol. The maximum atomic E-state index is 13.4. The first kappa shape index (κ1) is 12.2. The lowest BCUT2D eigenvalue weighted by atomic mass is 10.1. The SMILES string of the molecule is CC(=O)N[C@H]1[C@@H](C(=O)O)N(C(=O)O)C[C@@H]1F. The Bertz CT molecular complexity index is 334. The van der Waals surface area contributed by atoms with Crippen molar-refractivity contribution in [1.82, 2.24) is 10.2 Å². The Labute approximate surface area is 89.8 Å². The second kappa shape index (κ2) is 4.33. The van der Waals surface area contributed by atoms with Gasteiger partial charge in [-0.3, -0.25) is 9.69 Å². The topological polar surface area (TPSA) is 107 Å². The highest BCUT2D eigenvalue weighted by molar-refractivity contribution is 5.83. The molecule has 0 unspecified atom stereocenters. The summed E-state index contributed by atoms with van der Waals surface area (Å²) < 4.78 is 13.4. The van der Waals surface area contributed by atoms with Crippen LogP contribution in [0, 0.1) is 0 Å². The van der Waals surface area contributed by atoms with E-state index in [4.69, 9.17) is 10.2 Å². The summed E-state index contributed by atoms with van der Waals surface area (Å²) in [7, 11) is 0. The number of carboxylic acids is 1. The van der Waals surface area contributed by atoms with Crippen LogP contribution in [0.3, 0.4) is 0 Å². The number of hydrogen-bond donors (Lipinski definition) is 3. The zero-order valence-corrected chi connectivity index (χ0v) is 8.38. The van der Waals surface area contributed by atoms with Crippen LogP contribution in [0.1, 0.15) is 6.92 Å². The highest BCUT2D eigenvalue weighted by Gasteiger charge is 2.49. The Kier molecular flexibility index (Phi) is 3.31. The number of halogens is 1. The molecule has 0 saturated carbocycles. The molecule has 0 bridgehead atoms. The average molecular weight is 234 g/mol. The summed E-state index contributed by atoms with van der Waals surface area (Å²) in [6.07, 6.45) is -3.25. The molecule has 1 rings (SSSR count). The van der Waals surface area contributed by atoms with Crippen molar-refractivity contribution in [2.45, 2.75) is 25.2 Å². The van der Waals surface area contributed by atoms with Gasteiger partial charge in [-0.2, -0.15) is 0 Å². The maximum absolute atomic E-state index is 13.4. The van der Waals surface area contributed by atoms with Crippen molar-refractivity contribution in [2.24, 2.45) is 0 Å². The normalized spacial score (nSPS) is 28.9. The fourth-order valence-electron chi connectivity index (χ4n) is 1.69. The van der Waals surface area contributed by atoms with Crippen LogP contribution >= 0.6 is 0 Å². The third kappa shape index (κ3) is 2.20. The molecule has 0 aromatic rings. The number of hydrogen-bond acceptors (Lipinski definition) is 3. The first-order valence-corrected chi connectivity index (χ1v) is 4.48. The summed E-state index contributed by atoms with van der Waals surface area (Å²) in [6, 6.07) is -2.93. The number of likely N-dealkylation sites (tertiary alicyclic amines) is 1. The summed E-state index contributed by atoms with van der Waals surface area (Å²) in [5, 5.41) is 19.6. The zero-order valence-electron chi connectivity index (χ0n) is 8.38. The van der Waals surface area contributed by atoms with Crippen molar-refractivity contribution < 1.29 is 29.0 Å². The number of carbonyl (C=O) groups is 3. The van der Waals surface area contributed by atoms with Crippen molar-refractivity contribution in [2.75, 3.05) is 6.54 Å². The smallest absolute Gasteiger partial charge is 0.408 e. The monoisotopic (exact) mass is 234 g/mol. The molecule has 1 heterocycles. The van der Waals surface area contributed by atoms with Crippen LogP contribution < -0.4 is 5.32 Å². The predicted octanol–water partition coefficient (Wildman–Crippen LogP) is -0.724. The minimum absolute atomic E-state index is 0.466. The average Bonchev–Trinajstić information content (AvgIpc) is 2.43. The standard InChI is InChI=1S/C8H11FN2O5/c1-3(12)10-5-4(9)2-11(8(15)16)6(5)7(13)14/h4-6H,2H2,1H3,(H,10,12)(H,13,14)(H,15,16)/t4-,5+,6-/m0/s1. The number of carbonyl (C=O) groups excluding carboxylic acids is 1. The molecule has 1 aliphatic heterocycles. The second-order valence-electron chi connectivity index (χ2n) is 3.46. The van der Waals surface area contributed by atoms with Crippen LogP contribution in [0.5, 0.6) is 0 Å².